The number of thioether (sulfide) groups is 1. The maximum atomic E-state index is 12.8. The van der Waals surface area contributed by atoms with Crippen LogP contribution in [0, 0.1) is 0 Å². The van der Waals surface area contributed by atoms with Crippen LogP contribution < -0.4 is 4.72 Å². The highest BCUT2D eigenvalue weighted by molar-refractivity contribution is 8.14. The van der Waals surface area contributed by atoms with Gasteiger partial charge in [-0.15, -0.1) is 12.4 Å². The van der Waals surface area contributed by atoms with Gasteiger partial charge in [-0.25, -0.2) is 8.42 Å². The van der Waals surface area contributed by atoms with Crippen molar-refractivity contribution in [1.82, 2.24) is 4.90 Å². The lowest BCUT2D eigenvalue weighted by Crippen LogP contribution is -2.42. The monoisotopic (exact) mass is 447 g/mol. The third kappa shape index (κ3) is 4.20. The van der Waals surface area contributed by atoms with E-state index in [1.165, 1.54) is 23.9 Å². The normalized spacial score (nSPS) is 21.2. The minimum Gasteiger partial charge on any atom is -0.366 e. The number of nitrogens with one attached hydrogen (secondary N) is 1. The van der Waals surface area contributed by atoms with E-state index in [2.05, 4.69) is 9.71 Å². The van der Waals surface area contributed by atoms with Crippen molar-refractivity contribution < 1.29 is 13.5 Å². The summed E-state index contributed by atoms with van der Waals surface area (Å²) in [5.41, 5.74) is -0.494. The number of sulfonamides is 1. The molecular formula is C17H19Cl2N3O3S2. The Morgan fingerprint density at radius 2 is 1.93 bits per heavy atom. The van der Waals surface area contributed by atoms with E-state index in [9.17, 15) is 13.5 Å². The Morgan fingerprint density at radius 1 is 1.26 bits per heavy atom. The molecule has 146 valence electrons. The van der Waals surface area contributed by atoms with Gasteiger partial charge < -0.3 is 10.0 Å². The average molecular weight is 448 g/mol. The van der Waals surface area contributed by atoms with Crippen LogP contribution in [-0.2, 0) is 15.7 Å². The van der Waals surface area contributed by atoms with Crippen molar-refractivity contribution in [2.75, 3.05) is 24.6 Å². The summed E-state index contributed by atoms with van der Waals surface area (Å²) in [4.78, 5) is 5.66. The van der Waals surface area contributed by atoms with E-state index in [0.717, 1.165) is 0 Å². The Kier molecular flexibility index (Phi) is 6.70. The van der Waals surface area contributed by atoms with Crippen LogP contribution in [0.15, 0.2) is 58.4 Å². The van der Waals surface area contributed by atoms with Crippen molar-refractivity contribution in [2.24, 2.45) is 4.99 Å². The molecule has 0 aliphatic carbocycles. The van der Waals surface area contributed by atoms with E-state index < -0.39 is 15.7 Å². The van der Waals surface area contributed by atoms with Crippen LogP contribution in [0.1, 0.15) is 5.56 Å². The van der Waals surface area contributed by atoms with Gasteiger partial charge in [-0.1, -0.05) is 47.6 Å². The first-order valence-corrected chi connectivity index (χ1v) is 10.6. The van der Waals surface area contributed by atoms with Crippen LogP contribution >= 0.6 is 35.8 Å². The number of hydrogen-bond acceptors (Lipinski definition) is 5. The fourth-order valence-electron chi connectivity index (χ4n) is 2.68. The van der Waals surface area contributed by atoms with Gasteiger partial charge in [0.05, 0.1) is 10.8 Å². The summed E-state index contributed by atoms with van der Waals surface area (Å²) in [6.07, 6.45) is 0. The number of halogens is 2. The second kappa shape index (κ2) is 8.28. The number of aliphatic hydroxyl groups is 1. The molecule has 3 rings (SSSR count). The van der Waals surface area contributed by atoms with E-state index in [1.807, 2.05) is 0 Å². The molecule has 1 atom stereocenters. The molecule has 0 amide bonds. The summed E-state index contributed by atoms with van der Waals surface area (Å²) < 4.78 is 28.1. The van der Waals surface area contributed by atoms with Gasteiger partial charge in [0, 0.05) is 25.3 Å². The standard InChI is InChI=1S/C17H18ClN3O3S2.ClH/c1-19-16-21(2)17(22,11-25-16)12-8-9-14(18)15(10-12)26(23,24)20-13-6-4-3-5-7-13;/h3-10,20,22H,11H2,1-2H3;1H. The first kappa shape index (κ1) is 21.8. The number of hydrogen-bond donors (Lipinski definition) is 2. The summed E-state index contributed by atoms with van der Waals surface area (Å²) >= 11 is 7.55. The molecule has 2 aromatic rings. The molecule has 2 aromatic carbocycles. The molecule has 0 bridgehead atoms. The molecule has 1 aliphatic rings. The minimum absolute atomic E-state index is 0. The lowest BCUT2D eigenvalue weighted by molar-refractivity contribution is -0.0349. The zero-order valence-electron chi connectivity index (χ0n) is 14.6. The Balaban J connectivity index is 0.00000261. The van der Waals surface area contributed by atoms with Gasteiger partial charge in [0.15, 0.2) is 10.9 Å². The van der Waals surface area contributed by atoms with E-state index in [4.69, 9.17) is 11.6 Å². The third-order valence-electron chi connectivity index (χ3n) is 4.14. The number of aliphatic imine (C=N–C) groups is 1. The van der Waals surface area contributed by atoms with E-state index >= 15 is 0 Å². The van der Waals surface area contributed by atoms with Crippen molar-refractivity contribution >= 4 is 56.6 Å². The van der Waals surface area contributed by atoms with Gasteiger partial charge in [0.2, 0.25) is 0 Å². The predicted octanol–water partition coefficient (Wildman–Crippen LogP) is 3.37. The maximum Gasteiger partial charge on any atom is 0.263 e. The van der Waals surface area contributed by atoms with Gasteiger partial charge in [0.25, 0.3) is 10.0 Å². The van der Waals surface area contributed by atoms with Crippen LogP contribution in [0.4, 0.5) is 5.69 Å². The van der Waals surface area contributed by atoms with Crippen LogP contribution in [0.5, 0.6) is 0 Å². The fourth-order valence-corrected chi connectivity index (χ4v) is 5.43. The Bertz CT molecular complexity index is 955. The van der Waals surface area contributed by atoms with Crippen molar-refractivity contribution in [3.05, 3.63) is 59.1 Å². The van der Waals surface area contributed by atoms with Gasteiger partial charge >= 0.3 is 0 Å². The zero-order chi connectivity index (χ0) is 18.9. The van der Waals surface area contributed by atoms with E-state index in [0.29, 0.717) is 22.2 Å². The molecule has 1 fully saturated rings. The quantitative estimate of drug-likeness (QED) is 0.750. The van der Waals surface area contributed by atoms with Gasteiger partial charge in [0.1, 0.15) is 4.90 Å². The molecule has 6 nitrogen and oxygen atoms in total. The first-order chi connectivity index (χ1) is 12.3. The van der Waals surface area contributed by atoms with Crippen LogP contribution in [0.3, 0.4) is 0 Å². The van der Waals surface area contributed by atoms with Crippen molar-refractivity contribution in [3.63, 3.8) is 0 Å². The SMILES string of the molecule is CN=C1SCC(O)(c2ccc(Cl)c(S(=O)(=O)Nc3ccccc3)c2)N1C.Cl. The van der Waals surface area contributed by atoms with Crippen LogP contribution in [0.25, 0.3) is 0 Å². The van der Waals surface area contributed by atoms with E-state index in [-0.39, 0.29) is 22.3 Å². The van der Waals surface area contributed by atoms with Crippen LogP contribution in [-0.4, -0.2) is 43.4 Å². The Labute approximate surface area is 174 Å². The van der Waals surface area contributed by atoms with E-state index in [1.54, 1.807) is 55.4 Å². The third-order valence-corrected chi connectivity index (χ3v) is 7.27. The lowest BCUT2D eigenvalue weighted by Gasteiger charge is -2.31. The highest BCUT2D eigenvalue weighted by atomic mass is 35.5. The van der Waals surface area contributed by atoms with Crippen molar-refractivity contribution in [1.29, 1.82) is 0 Å². The number of benzene rings is 2. The first-order valence-electron chi connectivity index (χ1n) is 7.71. The molecule has 1 heterocycles. The molecule has 2 N–H and O–H groups in total. The smallest absolute Gasteiger partial charge is 0.263 e. The topological polar surface area (TPSA) is 82.0 Å². The molecular weight excluding hydrogens is 429 g/mol. The number of anilines is 1. The number of nitrogens with zero attached hydrogens (tertiary/aromatic N) is 2. The second-order valence-electron chi connectivity index (χ2n) is 5.79. The highest BCUT2D eigenvalue weighted by Gasteiger charge is 2.43. The van der Waals surface area contributed by atoms with Crippen molar-refractivity contribution in [3.8, 4) is 0 Å². The number of amidine groups is 1. The van der Waals surface area contributed by atoms with Crippen LogP contribution in [0.2, 0.25) is 5.02 Å². The summed E-state index contributed by atoms with van der Waals surface area (Å²) in [6.45, 7) is 0. The zero-order valence-corrected chi connectivity index (χ0v) is 17.8. The second-order valence-corrected chi connectivity index (χ2v) is 8.79. The number of para-hydroxylation sites is 1. The van der Waals surface area contributed by atoms with Gasteiger partial charge in [-0.2, -0.15) is 0 Å². The lowest BCUT2D eigenvalue weighted by atomic mass is 10.0. The Morgan fingerprint density at radius 3 is 2.52 bits per heavy atom. The molecule has 1 saturated heterocycles. The molecule has 27 heavy (non-hydrogen) atoms. The summed E-state index contributed by atoms with van der Waals surface area (Å²) in [6, 6.07) is 13.1. The largest absolute Gasteiger partial charge is 0.366 e. The minimum atomic E-state index is -3.91. The summed E-state index contributed by atoms with van der Waals surface area (Å²) in [5.74, 6) is 0.337. The summed E-state index contributed by atoms with van der Waals surface area (Å²) in [5, 5.41) is 11.8. The molecule has 0 spiro atoms. The van der Waals surface area contributed by atoms with Crippen molar-refractivity contribution in [2.45, 2.75) is 10.6 Å². The fraction of sp³-hybridized carbons (Fsp3) is 0.235. The average Bonchev–Trinajstić information content (AvgIpc) is 2.91. The molecule has 1 aliphatic heterocycles. The molecule has 10 heteroatoms. The molecule has 0 aromatic heterocycles. The highest BCUT2D eigenvalue weighted by Crippen LogP contribution is 2.39. The number of rotatable bonds is 4. The summed E-state index contributed by atoms with van der Waals surface area (Å²) in [7, 11) is -0.547. The molecule has 0 saturated carbocycles. The Hall–Kier alpha value is -1.45. The maximum absolute atomic E-state index is 12.8. The van der Waals surface area contributed by atoms with Gasteiger partial charge in [-0.3, -0.25) is 9.71 Å². The van der Waals surface area contributed by atoms with Gasteiger partial charge in [-0.05, 0) is 24.3 Å². The molecule has 0 radical (unpaired) electrons. The predicted molar refractivity (Wildman–Crippen MR) is 113 cm³/mol. The molecule has 1 unspecified atom stereocenters.